The molecule has 2 N–H and O–H groups in total. The van der Waals surface area contributed by atoms with Gasteiger partial charge in [0.25, 0.3) is 0 Å². The molecule has 0 aliphatic carbocycles. The van der Waals surface area contributed by atoms with Gasteiger partial charge in [0.1, 0.15) is 5.82 Å². The lowest BCUT2D eigenvalue weighted by molar-refractivity contribution is -0.122. The van der Waals surface area contributed by atoms with Crippen molar-refractivity contribution >= 4 is 16.8 Å². The lowest BCUT2D eigenvalue weighted by Gasteiger charge is -2.21. The first kappa shape index (κ1) is 13.4. The van der Waals surface area contributed by atoms with Crippen molar-refractivity contribution in [3.05, 3.63) is 35.8 Å². The van der Waals surface area contributed by atoms with Gasteiger partial charge in [0, 0.05) is 11.1 Å². The van der Waals surface area contributed by atoms with E-state index < -0.39 is 0 Å². The van der Waals surface area contributed by atoms with E-state index in [4.69, 9.17) is 5.73 Å². The molecule has 2 rings (SSSR count). The largest absolute Gasteiger partial charge is 0.368 e. The zero-order valence-corrected chi connectivity index (χ0v) is 11.4. The first-order chi connectivity index (χ1) is 8.99. The SMILES string of the molecule is Cc1nc(CN(C)C(C)C(N)=O)nc2ccccc12. The van der Waals surface area contributed by atoms with E-state index in [1.165, 1.54) is 0 Å². The number of carbonyl (C=O) groups is 1. The number of fused-ring (bicyclic) bond motifs is 1. The molecule has 1 aromatic carbocycles. The van der Waals surface area contributed by atoms with Gasteiger partial charge in [0.2, 0.25) is 5.91 Å². The molecule has 0 saturated heterocycles. The number of hydrogen-bond acceptors (Lipinski definition) is 4. The van der Waals surface area contributed by atoms with Crippen molar-refractivity contribution in [2.24, 2.45) is 5.73 Å². The number of nitrogens with two attached hydrogens (primary N) is 1. The number of benzene rings is 1. The number of carbonyl (C=O) groups excluding carboxylic acids is 1. The highest BCUT2D eigenvalue weighted by Gasteiger charge is 2.16. The maximum atomic E-state index is 11.1. The topological polar surface area (TPSA) is 72.1 Å². The zero-order chi connectivity index (χ0) is 14.0. The fourth-order valence-electron chi connectivity index (χ4n) is 1.94. The molecule has 0 bridgehead atoms. The van der Waals surface area contributed by atoms with Crippen LogP contribution in [0.3, 0.4) is 0 Å². The van der Waals surface area contributed by atoms with E-state index >= 15 is 0 Å². The van der Waals surface area contributed by atoms with Gasteiger partial charge in [-0.15, -0.1) is 0 Å². The normalized spacial score (nSPS) is 12.8. The predicted octanol–water partition coefficient (Wildman–Crippen LogP) is 1.24. The summed E-state index contributed by atoms with van der Waals surface area (Å²) in [5, 5.41) is 1.05. The summed E-state index contributed by atoms with van der Waals surface area (Å²) >= 11 is 0. The third kappa shape index (κ3) is 2.88. The monoisotopic (exact) mass is 258 g/mol. The number of para-hydroxylation sites is 1. The van der Waals surface area contributed by atoms with E-state index in [9.17, 15) is 4.79 Å². The van der Waals surface area contributed by atoms with Crippen molar-refractivity contribution in [1.82, 2.24) is 14.9 Å². The molecule has 5 nitrogen and oxygen atoms in total. The highest BCUT2D eigenvalue weighted by atomic mass is 16.1. The quantitative estimate of drug-likeness (QED) is 0.895. The van der Waals surface area contributed by atoms with Gasteiger partial charge in [-0.05, 0) is 27.0 Å². The Hall–Kier alpha value is -2.01. The minimum atomic E-state index is -0.347. The Bertz CT molecular complexity index is 611. The average molecular weight is 258 g/mol. The number of rotatable bonds is 4. The summed E-state index contributed by atoms with van der Waals surface area (Å²) in [4.78, 5) is 22.0. The molecule has 0 saturated carbocycles. The van der Waals surface area contributed by atoms with Crippen LogP contribution >= 0.6 is 0 Å². The van der Waals surface area contributed by atoms with Gasteiger partial charge in [0.15, 0.2) is 0 Å². The summed E-state index contributed by atoms with van der Waals surface area (Å²) in [5.74, 6) is 0.354. The Morgan fingerprint density at radius 3 is 2.74 bits per heavy atom. The molecule has 0 radical (unpaired) electrons. The summed E-state index contributed by atoms with van der Waals surface area (Å²) in [6.07, 6.45) is 0. The third-order valence-electron chi connectivity index (χ3n) is 3.30. The average Bonchev–Trinajstić information content (AvgIpc) is 2.37. The van der Waals surface area contributed by atoms with Crippen LogP contribution in [0.5, 0.6) is 0 Å². The Kier molecular flexibility index (Phi) is 3.76. The molecule has 0 aliphatic rings. The second-order valence-corrected chi connectivity index (χ2v) is 4.74. The van der Waals surface area contributed by atoms with Gasteiger partial charge in [0.05, 0.1) is 18.1 Å². The smallest absolute Gasteiger partial charge is 0.234 e. The molecule has 1 atom stereocenters. The van der Waals surface area contributed by atoms with Crippen LogP contribution in [-0.4, -0.2) is 33.9 Å². The van der Waals surface area contributed by atoms with Crippen molar-refractivity contribution in [2.45, 2.75) is 26.4 Å². The van der Waals surface area contributed by atoms with E-state index in [1.54, 1.807) is 6.92 Å². The van der Waals surface area contributed by atoms with Crippen molar-refractivity contribution in [3.8, 4) is 0 Å². The van der Waals surface area contributed by atoms with Crippen LogP contribution in [0.25, 0.3) is 10.9 Å². The fraction of sp³-hybridized carbons (Fsp3) is 0.357. The number of primary amides is 1. The van der Waals surface area contributed by atoms with Crippen molar-refractivity contribution < 1.29 is 4.79 Å². The molecule has 1 amide bonds. The second kappa shape index (κ2) is 5.32. The van der Waals surface area contributed by atoms with Crippen molar-refractivity contribution in [2.75, 3.05) is 7.05 Å². The summed E-state index contributed by atoms with van der Waals surface area (Å²) in [5.41, 5.74) is 7.16. The lowest BCUT2D eigenvalue weighted by Crippen LogP contribution is -2.40. The standard InChI is InChI=1S/C14H18N4O/c1-9-11-6-4-5-7-12(11)17-13(16-9)8-18(3)10(2)14(15)19/h4-7,10H,8H2,1-3H3,(H2,15,19). The first-order valence-electron chi connectivity index (χ1n) is 6.21. The molecule has 1 unspecified atom stereocenters. The Morgan fingerprint density at radius 2 is 2.05 bits per heavy atom. The van der Waals surface area contributed by atoms with E-state index in [1.807, 2.05) is 43.1 Å². The van der Waals surface area contributed by atoms with Gasteiger partial charge in [-0.3, -0.25) is 9.69 Å². The Balaban J connectivity index is 2.29. The number of likely N-dealkylation sites (N-methyl/N-ethyl adjacent to an activating group) is 1. The molecule has 5 heteroatoms. The van der Waals surface area contributed by atoms with Crippen LogP contribution in [0.2, 0.25) is 0 Å². The summed E-state index contributed by atoms with van der Waals surface area (Å²) < 4.78 is 0. The molecular formula is C14H18N4O. The number of nitrogens with zero attached hydrogens (tertiary/aromatic N) is 3. The minimum absolute atomic E-state index is 0.338. The molecule has 0 aliphatic heterocycles. The van der Waals surface area contributed by atoms with Crippen LogP contribution in [0.1, 0.15) is 18.4 Å². The molecule has 0 spiro atoms. The molecule has 1 aromatic heterocycles. The van der Waals surface area contributed by atoms with E-state index in [-0.39, 0.29) is 11.9 Å². The Labute approximate surface area is 112 Å². The van der Waals surface area contributed by atoms with E-state index in [0.717, 1.165) is 16.6 Å². The van der Waals surface area contributed by atoms with Gasteiger partial charge in [-0.2, -0.15) is 0 Å². The second-order valence-electron chi connectivity index (χ2n) is 4.74. The van der Waals surface area contributed by atoms with Crippen LogP contribution in [0.15, 0.2) is 24.3 Å². The van der Waals surface area contributed by atoms with Crippen LogP contribution in [0.4, 0.5) is 0 Å². The molecule has 19 heavy (non-hydrogen) atoms. The highest BCUT2D eigenvalue weighted by Crippen LogP contribution is 2.15. The molecular weight excluding hydrogens is 240 g/mol. The maximum Gasteiger partial charge on any atom is 0.234 e. The minimum Gasteiger partial charge on any atom is -0.368 e. The molecule has 2 aromatic rings. The van der Waals surface area contributed by atoms with Crippen LogP contribution in [0, 0.1) is 6.92 Å². The van der Waals surface area contributed by atoms with E-state index in [0.29, 0.717) is 12.4 Å². The molecule has 1 heterocycles. The van der Waals surface area contributed by atoms with Gasteiger partial charge < -0.3 is 5.73 Å². The fourth-order valence-corrected chi connectivity index (χ4v) is 1.94. The third-order valence-corrected chi connectivity index (χ3v) is 3.30. The van der Waals surface area contributed by atoms with Crippen molar-refractivity contribution in [1.29, 1.82) is 0 Å². The summed E-state index contributed by atoms with van der Waals surface area (Å²) in [6.45, 7) is 4.23. The number of aryl methyl sites for hydroxylation is 1. The van der Waals surface area contributed by atoms with Crippen LogP contribution in [-0.2, 0) is 11.3 Å². The molecule has 0 fully saturated rings. The number of amides is 1. The zero-order valence-electron chi connectivity index (χ0n) is 11.4. The number of hydrogen-bond donors (Lipinski definition) is 1. The van der Waals surface area contributed by atoms with Gasteiger partial charge in [-0.25, -0.2) is 9.97 Å². The summed E-state index contributed by atoms with van der Waals surface area (Å²) in [7, 11) is 1.84. The Morgan fingerprint density at radius 1 is 1.37 bits per heavy atom. The van der Waals surface area contributed by atoms with Crippen LogP contribution < -0.4 is 5.73 Å². The van der Waals surface area contributed by atoms with Gasteiger partial charge >= 0.3 is 0 Å². The van der Waals surface area contributed by atoms with E-state index in [2.05, 4.69) is 9.97 Å². The highest BCUT2D eigenvalue weighted by molar-refractivity contribution is 5.80. The summed E-state index contributed by atoms with van der Waals surface area (Å²) in [6, 6.07) is 7.55. The first-order valence-corrected chi connectivity index (χ1v) is 6.21. The van der Waals surface area contributed by atoms with Crippen molar-refractivity contribution in [3.63, 3.8) is 0 Å². The predicted molar refractivity (Wildman–Crippen MR) is 74.4 cm³/mol. The lowest BCUT2D eigenvalue weighted by atomic mass is 10.2. The maximum absolute atomic E-state index is 11.1. The number of aromatic nitrogens is 2. The van der Waals surface area contributed by atoms with Gasteiger partial charge in [-0.1, -0.05) is 18.2 Å². The molecule has 100 valence electrons.